The molecule has 7 aliphatic rings. The molecular formula is C38H48O12. The second kappa shape index (κ2) is 12.3. The molecule has 12 heteroatoms. The van der Waals surface area contributed by atoms with Crippen LogP contribution in [0, 0.1) is 11.8 Å². The van der Waals surface area contributed by atoms with Crippen molar-refractivity contribution in [2.75, 3.05) is 0 Å². The first kappa shape index (κ1) is 35.3. The Bertz CT molecular complexity index is 1450. The number of esters is 2. The molecule has 7 saturated heterocycles. The molecule has 0 aromatic rings. The largest absolute Gasteiger partial charge is 0.457 e. The van der Waals surface area contributed by atoms with Crippen LogP contribution in [0.3, 0.4) is 0 Å². The molecule has 12 atom stereocenters. The smallest absolute Gasteiger partial charge is 0.341 e. The number of fused-ring (bicyclic) bond motifs is 4. The predicted molar refractivity (Wildman–Crippen MR) is 174 cm³/mol. The van der Waals surface area contributed by atoms with Crippen molar-refractivity contribution in [2.24, 2.45) is 11.8 Å². The Morgan fingerprint density at radius 3 is 1.34 bits per heavy atom. The summed E-state index contributed by atoms with van der Waals surface area (Å²) in [6.45, 7) is 15.3. The lowest BCUT2D eigenvalue weighted by Gasteiger charge is -2.32. The molecule has 0 saturated carbocycles. The topological polar surface area (TPSA) is 164 Å². The van der Waals surface area contributed by atoms with E-state index in [0.717, 1.165) is 11.1 Å². The second-order valence-corrected chi connectivity index (χ2v) is 16.6. The average Bonchev–Trinajstić information content (AvgIpc) is 3.88. The molecule has 7 rings (SSSR count). The lowest BCUT2D eigenvalue weighted by atomic mass is 9.81. The van der Waals surface area contributed by atoms with Crippen molar-refractivity contribution >= 4 is 35.1 Å². The number of Topliss-reactive ketones (excluding diaryl/α,β-unsaturated/α-hetero) is 4. The van der Waals surface area contributed by atoms with E-state index in [1.165, 1.54) is 0 Å². The van der Waals surface area contributed by atoms with Crippen LogP contribution in [0.1, 0.15) is 105 Å². The van der Waals surface area contributed by atoms with Gasteiger partial charge in [0.05, 0.1) is 11.2 Å². The molecule has 0 amide bonds. The zero-order chi connectivity index (χ0) is 36.0. The van der Waals surface area contributed by atoms with Crippen molar-refractivity contribution in [3.8, 4) is 0 Å². The molecule has 0 spiro atoms. The molecular weight excluding hydrogens is 648 g/mol. The fourth-order valence-corrected chi connectivity index (χ4v) is 9.19. The van der Waals surface area contributed by atoms with E-state index in [0.29, 0.717) is 12.8 Å². The Hall–Kier alpha value is -3.06. The van der Waals surface area contributed by atoms with Gasteiger partial charge in [-0.15, -0.1) is 0 Å². The standard InChI is InChI=1S/C38H48O12/c1-19(2)21-7-9-37-31(49-37)29(17-35(5)15-25(41)27(47-35)13-23(39)11-21)46-34(44)38-10-8-22(20(3)4)12-24(40)14-28-26(42)16-36(6,48-28)18-30(32(38)50-38)45-33(37)43/h21-22,27-32H,1,3,7-18H2,2,4-6H3/t21-,22-,27-,28+,29+,30+,31-,32-,35+,36+,37+,38+/m0/s1. The number of ether oxygens (including phenoxy) is 6. The molecule has 0 unspecified atom stereocenters. The molecule has 7 aliphatic heterocycles. The highest BCUT2D eigenvalue weighted by Crippen LogP contribution is 2.55. The van der Waals surface area contributed by atoms with Gasteiger partial charge < -0.3 is 28.4 Å². The summed E-state index contributed by atoms with van der Waals surface area (Å²) in [4.78, 5) is 81.6. The van der Waals surface area contributed by atoms with Gasteiger partial charge in [-0.1, -0.05) is 24.3 Å². The van der Waals surface area contributed by atoms with Crippen LogP contribution >= 0.6 is 0 Å². The summed E-state index contributed by atoms with van der Waals surface area (Å²) in [7, 11) is 0. The molecule has 0 aromatic carbocycles. The molecule has 50 heavy (non-hydrogen) atoms. The number of epoxide rings is 2. The van der Waals surface area contributed by atoms with E-state index in [1.807, 2.05) is 13.8 Å². The summed E-state index contributed by atoms with van der Waals surface area (Å²) in [5.41, 5.74) is -3.67. The van der Waals surface area contributed by atoms with E-state index in [-0.39, 0.29) is 99.2 Å². The summed E-state index contributed by atoms with van der Waals surface area (Å²) in [5.74, 6) is -2.58. The number of allylic oxidation sites excluding steroid dienone is 2. The Kier molecular flexibility index (Phi) is 8.68. The number of hydrogen-bond donors (Lipinski definition) is 0. The number of carbonyl (C=O) groups is 6. The minimum Gasteiger partial charge on any atom is -0.457 e. The molecule has 7 heterocycles. The molecule has 8 bridgehead atoms. The van der Waals surface area contributed by atoms with Crippen molar-refractivity contribution in [3.63, 3.8) is 0 Å². The first-order chi connectivity index (χ1) is 23.4. The normalized spacial score (nSPS) is 46.6. The molecule has 272 valence electrons. The van der Waals surface area contributed by atoms with Crippen LogP contribution in [0.2, 0.25) is 0 Å². The van der Waals surface area contributed by atoms with Crippen LogP contribution in [0.4, 0.5) is 0 Å². The third-order valence-electron chi connectivity index (χ3n) is 12.2. The second-order valence-electron chi connectivity index (χ2n) is 16.6. The fraction of sp³-hybridized carbons (Fsp3) is 0.737. The Morgan fingerprint density at radius 2 is 0.980 bits per heavy atom. The van der Waals surface area contributed by atoms with E-state index < -0.39 is 71.0 Å². The minimum atomic E-state index is -1.50. The average molecular weight is 697 g/mol. The van der Waals surface area contributed by atoms with Gasteiger partial charge in [-0.2, -0.15) is 0 Å². The molecule has 0 N–H and O–H groups in total. The predicted octanol–water partition coefficient (Wildman–Crippen LogP) is 3.78. The van der Waals surface area contributed by atoms with Gasteiger partial charge in [-0.3, -0.25) is 19.2 Å². The zero-order valence-corrected chi connectivity index (χ0v) is 29.4. The summed E-state index contributed by atoms with van der Waals surface area (Å²) in [6.07, 6.45) is -4.32. The Balaban J connectivity index is 1.28. The quantitative estimate of drug-likeness (QED) is 0.234. The summed E-state index contributed by atoms with van der Waals surface area (Å²) in [5, 5.41) is 0. The summed E-state index contributed by atoms with van der Waals surface area (Å²) in [6, 6.07) is 0. The van der Waals surface area contributed by atoms with Crippen LogP contribution in [-0.4, -0.2) is 94.1 Å². The number of hydrogen-bond acceptors (Lipinski definition) is 12. The number of carbonyl (C=O) groups excluding carboxylic acids is 6. The van der Waals surface area contributed by atoms with Crippen molar-refractivity contribution < 1.29 is 57.2 Å². The fourth-order valence-electron chi connectivity index (χ4n) is 9.19. The third kappa shape index (κ3) is 6.34. The van der Waals surface area contributed by atoms with Crippen LogP contribution < -0.4 is 0 Å². The highest BCUT2D eigenvalue weighted by atomic mass is 16.7. The monoisotopic (exact) mass is 696 g/mol. The van der Waals surface area contributed by atoms with Gasteiger partial charge in [0, 0.05) is 51.4 Å². The SMILES string of the molecule is C=C(C)[C@H]1CC[C@@]23O[C@H]2[C@@H](C[C@@]2(C)CC(=O)[C@H](CC(=O)C1)O2)OC(=O)[C@@]12CC[C@H](C(=C)C)CC(=O)C[C@H]4O[C@](C)(CC4=O)C[C@@H](OC3=O)[C@@H]1O2. The van der Waals surface area contributed by atoms with Gasteiger partial charge >= 0.3 is 11.9 Å². The zero-order valence-electron chi connectivity index (χ0n) is 29.4. The van der Waals surface area contributed by atoms with Crippen LogP contribution in [-0.2, 0) is 57.2 Å². The van der Waals surface area contributed by atoms with Gasteiger partial charge in [0.25, 0.3) is 0 Å². The van der Waals surface area contributed by atoms with E-state index in [1.54, 1.807) is 13.8 Å². The van der Waals surface area contributed by atoms with Gasteiger partial charge in [-0.05, 0) is 65.2 Å². The lowest BCUT2D eigenvalue weighted by Crippen LogP contribution is -2.48. The van der Waals surface area contributed by atoms with Crippen LogP contribution in [0.25, 0.3) is 0 Å². The van der Waals surface area contributed by atoms with E-state index in [4.69, 9.17) is 28.4 Å². The van der Waals surface area contributed by atoms with Crippen molar-refractivity contribution in [2.45, 2.75) is 164 Å². The highest BCUT2D eigenvalue weighted by Gasteiger charge is 2.74. The van der Waals surface area contributed by atoms with Crippen molar-refractivity contribution in [1.82, 2.24) is 0 Å². The van der Waals surface area contributed by atoms with Gasteiger partial charge in [-0.25, -0.2) is 9.59 Å². The molecule has 0 aromatic heterocycles. The van der Waals surface area contributed by atoms with E-state index in [9.17, 15) is 28.8 Å². The molecule has 7 fully saturated rings. The van der Waals surface area contributed by atoms with Gasteiger partial charge in [0.15, 0.2) is 22.8 Å². The van der Waals surface area contributed by atoms with Crippen LogP contribution in [0.15, 0.2) is 24.3 Å². The first-order valence-electron chi connectivity index (χ1n) is 18.0. The molecule has 12 nitrogen and oxygen atoms in total. The Morgan fingerprint density at radius 1 is 0.600 bits per heavy atom. The molecule has 0 radical (unpaired) electrons. The van der Waals surface area contributed by atoms with Crippen LogP contribution in [0.5, 0.6) is 0 Å². The maximum atomic E-state index is 14.5. The van der Waals surface area contributed by atoms with E-state index >= 15 is 0 Å². The van der Waals surface area contributed by atoms with Gasteiger partial charge in [0.2, 0.25) is 0 Å². The molecule has 0 aliphatic carbocycles. The minimum absolute atomic E-state index is 0.00599. The third-order valence-corrected chi connectivity index (χ3v) is 12.2. The maximum absolute atomic E-state index is 14.5. The maximum Gasteiger partial charge on any atom is 0.341 e. The summed E-state index contributed by atoms with van der Waals surface area (Å²) < 4.78 is 37.7. The van der Waals surface area contributed by atoms with Crippen molar-refractivity contribution in [1.29, 1.82) is 0 Å². The Labute approximate surface area is 291 Å². The highest BCUT2D eigenvalue weighted by molar-refractivity contribution is 5.93. The first-order valence-corrected chi connectivity index (χ1v) is 18.0. The van der Waals surface area contributed by atoms with E-state index in [2.05, 4.69) is 13.2 Å². The van der Waals surface area contributed by atoms with Gasteiger partial charge in [0.1, 0.15) is 48.2 Å². The van der Waals surface area contributed by atoms with Crippen molar-refractivity contribution in [3.05, 3.63) is 24.3 Å². The summed E-state index contributed by atoms with van der Waals surface area (Å²) >= 11 is 0. The lowest BCUT2D eigenvalue weighted by molar-refractivity contribution is -0.166. The number of rotatable bonds is 2. The number of ketones is 4.